The Balaban J connectivity index is 2.10. The van der Waals surface area contributed by atoms with Crippen LogP contribution in [0.4, 0.5) is 4.79 Å². The summed E-state index contributed by atoms with van der Waals surface area (Å²) in [6.07, 6.45) is 3.54. The number of ketones is 2. The molecule has 0 unspecified atom stereocenters. The molecule has 0 aromatic carbocycles. The molecule has 3 rings (SSSR count). The predicted octanol–water partition coefficient (Wildman–Crippen LogP) is 0.892. The lowest BCUT2D eigenvalue weighted by Crippen LogP contribution is -2.23. The summed E-state index contributed by atoms with van der Waals surface area (Å²) < 4.78 is 11.0. The zero-order chi connectivity index (χ0) is 18.1. The van der Waals surface area contributed by atoms with E-state index in [1.807, 2.05) is 4.90 Å². The molecular formula is C17H18N2O6. The average molecular weight is 346 g/mol. The largest absolute Gasteiger partial charge is 0.508 e. The van der Waals surface area contributed by atoms with Gasteiger partial charge >= 0.3 is 6.16 Å². The summed E-state index contributed by atoms with van der Waals surface area (Å²) in [6.45, 7) is 1.05. The molecule has 0 saturated carbocycles. The number of fused-ring (bicyclic) bond motifs is 1. The van der Waals surface area contributed by atoms with Crippen molar-refractivity contribution >= 4 is 23.8 Å². The minimum absolute atomic E-state index is 0.202. The van der Waals surface area contributed by atoms with Crippen molar-refractivity contribution in [1.29, 1.82) is 0 Å². The smallest absolute Gasteiger partial charge is 0.438 e. The summed E-state index contributed by atoms with van der Waals surface area (Å²) in [7, 11) is 2.84. The molecule has 0 radical (unpaired) electrons. The van der Waals surface area contributed by atoms with Crippen LogP contribution in [0.25, 0.3) is 6.08 Å². The van der Waals surface area contributed by atoms with Gasteiger partial charge in [0.05, 0.1) is 25.0 Å². The lowest BCUT2D eigenvalue weighted by atomic mass is 9.95. The van der Waals surface area contributed by atoms with Crippen molar-refractivity contribution in [2.45, 2.75) is 6.61 Å². The number of allylic oxidation sites excluding steroid dienone is 2. The van der Waals surface area contributed by atoms with Gasteiger partial charge in [-0.25, -0.2) is 4.79 Å². The van der Waals surface area contributed by atoms with Gasteiger partial charge in [0, 0.05) is 37.5 Å². The fourth-order valence-corrected chi connectivity index (χ4v) is 2.92. The number of rotatable bonds is 5. The van der Waals surface area contributed by atoms with Crippen molar-refractivity contribution in [3.8, 4) is 0 Å². The normalized spacial score (nSPS) is 16.1. The molecule has 0 amide bonds. The molecule has 1 fully saturated rings. The van der Waals surface area contributed by atoms with E-state index >= 15 is 0 Å². The minimum atomic E-state index is -0.883. The molecule has 0 bridgehead atoms. The maximum absolute atomic E-state index is 12.9. The van der Waals surface area contributed by atoms with E-state index < -0.39 is 6.16 Å². The van der Waals surface area contributed by atoms with Gasteiger partial charge in [-0.05, 0) is 6.08 Å². The first-order valence-corrected chi connectivity index (χ1v) is 7.75. The maximum Gasteiger partial charge on any atom is 0.508 e. The molecule has 1 aliphatic heterocycles. The second-order valence-electron chi connectivity index (χ2n) is 5.68. The minimum Gasteiger partial charge on any atom is -0.438 e. The van der Waals surface area contributed by atoms with Gasteiger partial charge in [0.25, 0.3) is 0 Å². The van der Waals surface area contributed by atoms with Gasteiger partial charge in [-0.3, -0.25) is 9.59 Å². The van der Waals surface area contributed by atoms with Crippen LogP contribution in [-0.4, -0.2) is 59.1 Å². The summed E-state index contributed by atoms with van der Waals surface area (Å²) >= 11 is 0. The third-order valence-corrected chi connectivity index (χ3v) is 4.18. The first kappa shape index (κ1) is 17.0. The van der Waals surface area contributed by atoms with Crippen LogP contribution in [0.2, 0.25) is 0 Å². The molecule has 25 heavy (non-hydrogen) atoms. The van der Waals surface area contributed by atoms with Gasteiger partial charge in [0.1, 0.15) is 12.3 Å². The van der Waals surface area contributed by atoms with E-state index in [-0.39, 0.29) is 36.0 Å². The lowest BCUT2D eigenvalue weighted by molar-refractivity contribution is 0.0663. The molecule has 0 spiro atoms. The Labute approximate surface area is 143 Å². The van der Waals surface area contributed by atoms with Crippen LogP contribution in [-0.2, 0) is 23.1 Å². The molecule has 8 nitrogen and oxygen atoms in total. The summed E-state index contributed by atoms with van der Waals surface area (Å²) in [5.74, 6) is -0.545. The number of methoxy groups -OCH3 is 1. The van der Waals surface area contributed by atoms with Gasteiger partial charge < -0.3 is 24.0 Å². The topological polar surface area (TPSA) is 97.8 Å². The SMILES string of the molecule is COC(=O)OCc1c2c(n(C)c1/C=C/CO)C(=O)C=C(N1CC1)C2=O. The molecule has 132 valence electrons. The number of carbonyl (C=O) groups excluding carboxylic acids is 3. The van der Waals surface area contributed by atoms with E-state index in [1.165, 1.54) is 19.3 Å². The van der Waals surface area contributed by atoms with Crippen LogP contribution in [0.15, 0.2) is 17.8 Å². The molecule has 1 saturated heterocycles. The Morgan fingerprint density at radius 3 is 2.68 bits per heavy atom. The van der Waals surface area contributed by atoms with Crippen LogP contribution >= 0.6 is 0 Å². The van der Waals surface area contributed by atoms with Crippen LogP contribution in [0.5, 0.6) is 0 Å². The Hall–Kier alpha value is -2.87. The zero-order valence-electron chi connectivity index (χ0n) is 13.9. The van der Waals surface area contributed by atoms with Crippen molar-refractivity contribution in [3.63, 3.8) is 0 Å². The second-order valence-corrected chi connectivity index (χ2v) is 5.68. The highest BCUT2D eigenvalue weighted by molar-refractivity contribution is 6.25. The van der Waals surface area contributed by atoms with Gasteiger partial charge in [-0.2, -0.15) is 0 Å². The van der Waals surface area contributed by atoms with Gasteiger partial charge in [0.2, 0.25) is 11.6 Å². The zero-order valence-corrected chi connectivity index (χ0v) is 13.9. The lowest BCUT2D eigenvalue weighted by Gasteiger charge is -2.15. The van der Waals surface area contributed by atoms with E-state index in [0.29, 0.717) is 17.0 Å². The number of Topliss-reactive ketones (excluding diaryl/α,β-unsaturated/α-hetero) is 1. The van der Waals surface area contributed by atoms with E-state index in [2.05, 4.69) is 4.74 Å². The first-order chi connectivity index (χ1) is 12.0. The van der Waals surface area contributed by atoms with Crippen LogP contribution in [0.1, 0.15) is 32.1 Å². The highest BCUT2D eigenvalue weighted by Crippen LogP contribution is 2.33. The molecule has 1 aromatic rings. The van der Waals surface area contributed by atoms with Gasteiger partial charge in [0.15, 0.2) is 0 Å². The molecule has 2 aliphatic rings. The van der Waals surface area contributed by atoms with E-state index in [4.69, 9.17) is 9.84 Å². The predicted molar refractivity (Wildman–Crippen MR) is 87.0 cm³/mol. The molecule has 0 atom stereocenters. The highest BCUT2D eigenvalue weighted by atomic mass is 16.7. The number of aliphatic hydroxyl groups excluding tert-OH is 1. The Bertz CT molecular complexity index is 814. The number of aromatic nitrogens is 1. The molecule has 1 aromatic heterocycles. The number of nitrogens with zero attached hydrogens (tertiary/aromatic N) is 2. The van der Waals surface area contributed by atoms with Crippen LogP contribution in [0, 0.1) is 0 Å². The average Bonchev–Trinajstić information content (AvgIpc) is 3.39. The molecule has 1 aliphatic carbocycles. The number of aliphatic hydroxyl groups is 1. The number of hydrogen-bond donors (Lipinski definition) is 1. The summed E-state index contributed by atoms with van der Waals surface area (Å²) in [5, 5.41) is 9.04. The number of hydrogen-bond acceptors (Lipinski definition) is 7. The van der Waals surface area contributed by atoms with Crippen LogP contribution in [0.3, 0.4) is 0 Å². The first-order valence-electron chi connectivity index (χ1n) is 7.75. The van der Waals surface area contributed by atoms with Crippen molar-refractivity contribution in [2.24, 2.45) is 7.05 Å². The van der Waals surface area contributed by atoms with Crippen molar-refractivity contribution < 1.29 is 29.0 Å². The van der Waals surface area contributed by atoms with Crippen LogP contribution < -0.4 is 0 Å². The Morgan fingerprint density at radius 2 is 2.08 bits per heavy atom. The highest BCUT2D eigenvalue weighted by Gasteiger charge is 2.38. The van der Waals surface area contributed by atoms with Crippen molar-refractivity contribution in [1.82, 2.24) is 9.47 Å². The molecular weight excluding hydrogens is 328 g/mol. The van der Waals surface area contributed by atoms with Gasteiger partial charge in [-0.1, -0.05) is 6.08 Å². The summed E-state index contributed by atoms with van der Waals surface area (Å²) in [5.41, 5.74) is 1.78. The summed E-state index contributed by atoms with van der Waals surface area (Å²) in [6, 6.07) is 0. The summed E-state index contributed by atoms with van der Waals surface area (Å²) in [4.78, 5) is 38.6. The third kappa shape index (κ3) is 2.96. The standard InChI is InChI=1S/C17H18N2O6/c1-18-11(4-3-7-20)10(9-25-17(23)24-2)14-15(18)13(21)8-12(16(14)22)19-5-6-19/h3-4,8,20H,5-7,9H2,1-2H3/b4-3+. The van der Waals surface area contributed by atoms with E-state index in [1.54, 1.807) is 17.7 Å². The monoisotopic (exact) mass is 346 g/mol. The number of ether oxygens (including phenoxy) is 2. The Kier molecular flexibility index (Phi) is 4.45. The molecule has 1 N–H and O–H groups in total. The second kappa shape index (κ2) is 6.56. The van der Waals surface area contributed by atoms with E-state index in [0.717, 1.165) is 13.1 Å². The van der Waals surface area contributed by atoms with Gasteiger partial charge in [-0.15, -0.1) is 0 Å². The fourth-order valence-electron chi connectivity index (χ4n) is 2.92. The fraction of sp³-hybridized carbons (Fsp3) is 0.353. The van der Waals surface area contributed by atoms with Crippen molar-refractivity contribution in [3.05, 3.63) is 40.4 Å². The van der Waals surface area contributed by atoms with E-state index in [9.17, 15) is 14.4 Å². The third-order valence-electron chi connectivity index (χ3n) is 4.18. The quantitative estimate of drug-likeness (QED) is 0.624. The number of carbonyl (C=O) groups is 3. The maximum atomic E-state index is 12.9. The molecule has 2 heterocycles. The Morgan fingerprint density at radius 1 is 1.36 bits per heavy atom. The molecule has 8 heteroatoms. The van der Waals surface area contributed by atoms with Crippen molar-refractivity contribution in [2.75, 3.05) is 26.8 Å².